The van der Waals surface area contributed by atoms with E-state index in [-0.39, 0.29) is 0 Å². The molecule has 0 bridgehead atoms. The molecule has 1 aliphatic rings. The van der Waals surface area contributed by atoms with Crippen LogP contribution in [0, 0.1) is 16.7 Å². The van der Waals surface area contributed by atoms with Crippen LogP contribution in [-0.4, -0.2) is 12.6 Å². The summed E-state index contributed by atoms with van der Waals surface area (Å²) in [5.74, 6) is 0.844. The van der Waals surface area contributed by atoms with Crippen molar-refractivity contribution in [3.8, 4) is 0 Å². The molecule has 1 fully saturated rings. The molecule has 0 aromatic heterocycles. The molecule has 0 aromatic rings. The largest absolute Gasteiger partial charge is 0.313 e. The van der Waals surface area contributed by atoms with Crippen LogP contribution in [0.15, 0.2) is 0 Å². The summed E-state index contributed by atoms with van der Waals surface area (Å²) in [6.45, 7) is 15.2. The standard InChI is InChI=1S/C12H25N/c1-11(2,3)9-7-10(13-8-9)12(4,5)6/h9-10,13H,7-8H2,1-6H3/t9-,10+/m1/s1. The van der Waals surface area contributed by atoms with Gasteiger partial charge >= 0.3 is 0 Å². The molecule has 1 aliphatic heterocycles. The molecular weight excluding hydrogens is 158 g/mol. The fourth-order valence-corrected chi connectivity index (χ4v) is 2.06. The fourth-order valence-electron chi connectivity index (χ4n) is 2.06. The van der Waals surface area contributed by atoms with Crippen molar-refractivity contribution in [1.82, 2.24) is 5.32 Å². The summed E-state index contributed by atoms with van der Waals surface area (Å²) in [6, 6.07) is 0.705. The molecule has 1 heteroatoms. The number of nitrogens with one attached hydrogen (secondary N) is 1. The Morgan fingerprint density at radius 2 is 1.46 bits per heavy atom. The first-order valence-electron chi connectivity index (χ1n) is 5.44. The summed E-state index contributed by atoms with van der Waals surface area (Å²) >= 11 is 0. The van der Waals surface area contributed by atoms with Gasteiger partial charge in [0.1, 0.15) is 0 Å². The third kappa shape index (κ3) is 2.70. The predicted molar refractivity (Wildman–Crippen MR) is 58.8 cm³/mol. The maximum Gasteiger partial charge on any atom is 0.0119 e. The highest BCUT2D eigenvalue weighted by Crippen LogP contribution is 2.37. The van der Waals surface area contributed by atoms with E-state index in [1.165, 1.54) is 13.0 Å². The normalized spacial score (nSPS) is 30.9. The minimum Gasteiger partial charge on any atom is -0.313 e. The molecule has 1 N–H and O–H groups in total. The van der Waals surface area contributed by atoms with Gasteiger partial charge in [0.05, 0.1) is 0 Å². The Balaban J connectivity index is 2.55. The Morgan fingerprint density at radius 1 is 0.923 bits per heavy atom. The molecule has 2 atom stereocenters. The lowest BCUT2D eigenvalue weighted by Crippen LogP contribution is -2.34. The molecule has 78 valence electrons. The third-order valence-electron chi connectivity index (χ3n) is 3.40. The molecule has 0 aromatic carbocycles. The van der Waals surface area contributed by atoms with Gasteiger partial charge in [0.25, 0.3) is 0 Å². The van der Waals surface area contributed by atoms with E-state index in [4.69, 9.17) is 0 Å². The van der Waals surface area contributed by atoms with Gasteiger partial charge in [-0.1, -0.05) is 41.5 Å². The number of hydrogen-bond donors (Lipinski definition) is 1. The highest BCUT2D eigenvalue weighted by Gasteiger charge is 2.37. The molecular formula is C12H25N. The Hall–Kier alpha value is -0.0400. The first-order valence-corrected chi connectivity index (χ1v) is 5.44. The maximum atomic E-state index is 3.65. The second-order valence-electron chi connectivity index (χ2n) is 6.63. The highest BCUT2D eigenvalue weighted by atomic mass is 15.0. The second kappa shape index (κ2) is 3.27. The van der Waals surface area contributed by atoms with Crippen molar-refractivity contribution < 1.29 is 0 Å². The number of hydrogen-bond acceptors (Lipinski definition) is 1. The third-order valence-corrected chi connectivity index (χ3v) is 3.40. The van der Waals surface area contributed by atoms with Crippen LogP contribution in [0.1, 0.15) is 48.0 Å². The van der Waals surface area contributed by atoms with Crippen LogP contribution >= 0.6 is 0 Å². The molecule has 0 unspecified atom stereocenters. The van der Waals surface area contributed by atoms with Crippen molar-refractivity contribution in [2.75, 3.05) is 6.54 Å². The lowest BCUT2D eigenvalue weighted by molar-refractivity contribution is 0.234. The van der Waals surface area contributed by atoms with Gasteiger partial charge in [0.2, 0.25) is 0 Å². The van der Waals surface area contributed by atoms with Crippen molar-refractivity contribution in [1.29, 1.82) is 0 Å². The Labute approximate surface area is 83.3 Å². The molecule has 13 heavy (non-hydrogen) atoms. The molecule has 0 aliphatic carbocycles. The van der Waals surface area contributed by atoms with Crippen molar-refractivity contribution in [2.45, 2.75) is 54.0 Å². The van der Waals surface area contributed by atoms with E-state index in [9.17, 15) is 0 Å². The van der Waals surface area contributed by atoms with Crippen molar-refractivity contribution in [3.63, 3.8) is 0 Å². The molecule has 1 saturated heterocycles. The van der Waals surface area contributed by atoms with Gasteiger partial charge in [0.15, 0.2) is 0 Å². The maximum absolute atomic E-state index is 3.65. The summed E-state index contributed by atoms with van der Waals surface area (Å²) in [4.78, 5) is 0. The van der Waals surface area contributed by atoms with E-state index in [2.05, 4.69) is 46.9 Å². The van der Waals surface area contributed by atoms with Gasteiger partial charge in [0, 0.05) is 6.04 Å². The minimum absolute atomic E-state index is 0.417. The molecule has 0 saturated carbocycles. The topological polar surface area (TPSA) is 12.0 Å². The Bertz CT molecular complexity index is 151. The average Bonchev–Trinajstić information content (AvgIpc) is 2.28. The highest BCUT2D eigenvalue weighted by molar-refractivity contribution is 4.93. The smallest absolute Gasteiger partial charge is 0.0119 e. The van der Waals surface area contributed by atoms with Gasteiger partial charge < -0.3 is 5.32 Å². The SMILES string of the molecule is CC(C)(C)[C@H]1CN[C@H](C(C)(C)C)C1. The Morgan fingerprint density at radius 3 is 1.69 bits per heavy atom. The van der Waals surface area contributed by atoms with Gasteiger partial charge in [-0.05, 0) is 29.7 Å². The van der Waals surface area contributed by atoms with Crippen LogP contribution in [0.2, 0.25) is 0 Å². The van der Waals surface area contributed by atoms with Crippen LogP contribution in [0.25, 0.3) is 0 Å². The molecule has 0 amide bonds. The first kappa shape index (κ1) is 11.0. The zero-order valence-corrected chi connectivity index (χ0v) is 10.1. The van der Waals surface area contributed by atoms with Crippen molar-refractivity contribution in [2.24, 2.45) is 16.7 Å². The zero-order valence-electron chi connectivity index (χ0n) is 10.1. The van der Waals surface area contributed by atoms with E-state index in [0.717, 1.165) is 5.92 Å². The molecule has 0 radical (unpaired) electrons. The van der Waals surface area contributed by atoms with E-state index in [1.54, 1.807) is 0 Å². The van der Waals surface area contributed by atoms with Gasteiger partial charge in [-0.2, -0.15) is 0 Å². The first-order chi connectivity index (χ1) is 5.71. The van der Waals surface area contributed by atoms with E-state index in [0.29, 0.717) is 16.9 Å². The summed E-state index contributed by atoms with van der Waals surface area (Å²) in [5.41, 5.74) is 0.882. The van der Waals surface area contributed by atoms with Gasteiger partial charge in [-0.3, -0.25) is 0 Å². The van der Waals surface area contributed by atoms with Gasteiger partial charge in [-0.15, -0.1) is 0 Å². The van der Waals surface area contributed by atoms with E-state index < -0.39 is 0 Å². The summed E-state index contributed by atoms with van der Waals surface area (Å²) < 4.78 is 0. The second-order valence-corrected chi connectivity index (χ2v) is 6.63. The van der Waals surface area contributed by atoms with E-state index in [1.807, 2.05) is 0 Å². The zero-order chi connectivity index (χ0) is 10.3. The molecule has 1 rings (SSSR count). The quantitative estimate of drug-likeness (QED) is 0.608. The van der Waals surface area contributed by atoms with Crippen LogP contribution in [-0.2, 0) is 0 Å². The summed E-state index contributed by atoms with van der Waals surface area (Å²) in [7, 11) is 0. The lowest BCUT2D eigenvalue weighted by atomic mass is 9.76. The summed E-state index contributed by atoms with van der Waals surface area (Å²) in [6.07, 6.45) is 1.34. The number of rotatable bonds is 0. The minimum atomic E-state index is 0.417. The molecule has 1 heterocycles. The van der Waals surface area contributed by atoms with Crippen LogP contribution in [0.5, 0.6) is 0 Å². The molecule has 0 spiro atoms. The average molecular weight is 183 g/mol. The van der Waals surface area contributed by atoms with Crippen molar-refractivity contribution >= 4 is 0 Å². The van der Waals surface area contributed by atoms with Crippen LogP contribution in [0.3, 0.4) is 0 Å². The predicted octanol–water partition coefficient (Wildman–Crippen LogP) is 3.06. The summed E-state index contributed by atoms with van der Waals surface area (Å²) in [5, 5.41) is 3.65. The van der Waals surface area contributed by atoms with Crippen molar-refractivity contribution in [3.05, 3.63) is 0 Å². The van der Waals surface area contributed by atoms with Crippen LogP contribution < -0.4 is 5.32 Å². The molecule has 1 nitrogen and oxygen atoms in total. The van der Waals surface area contributed by atoms with Crippen LogP contribution in [0.4, 0.5) is 0 Å². The Kier molecular flexibility index (Phi) is 2.78. The fraction of sp³-hybridized carbons (Fsp3) is 1.00. The monoisotopic (exact) mass is 183 g/mol. The lowest BCUT2D eigenvalue weighted by Gasteiger charge is -2.29. The van der Waals surface area contributed by atoms with E-state index >= 15 is 0 Å². The van der Waals surface area contributed by atoms with Gasteiger partial charge in [-0.25, -0.2) is 0 Å².